The molecule has 1 aliphatic carbocycles. The van der Waals surface area contributed by atoms with Crippen LogP contribution in [-0.4, -0.2) is 15.0 Å². The summed E-state index contributed by atoms with van der Waals surface area (Å²) in [5, 5.41) is 2.76. The summed E-state index contributed by atoms with van der Waals surface area (Å²) in [6.45, 7) is 9.37. The smallest absolute Gasteiger partial charge is 0.261 e. The zero-order valence-electron chi connectivity index (χ0n) is 20.9. The molecule has 0 bridgehead atoms. The van der Waals surface area contributed by atoms with Crippen LogP contribution in [0.2, 0.25) is 0 Å². The minimum Gasteiger partial charge on any atom is -0.494 e. The Hall–Kier alpha value is -2.99. The van der Waals surface area contributed by atoms with Crippen molar-refractivity contribution in [3.63, 3.8) is 0 Å². The molecule has 184 valence electrons. The molecule has 1 heterocycles. The lowest BCUT2D eigenvalue weighted by Gasteiger charge is -2.36. The van der Waals surface area contributed by atoms with Crippen molar-refractivity contribution in [2.75, 3.05) is 11.3 Å². The van der Waals surface area contributed by atoms with E-state index in [4.69, 9.17) is 9.15 Å². The molecule has 4 aromatic rings. The summed E-state index contributed by atoms with van der Waals surface area (Å²) >= 11 is 0. The van der Waals surface area contributed by atoms with Gasteiger partial charge >= 0.3 is 0 Å². The number of hydrogen-bond donors (Lipinski definition) is 1. The fourth-order valence-electron chi connectivity index (χ4n) is 5.22. The number of sulfonamides is 1. The molecule has 1 aromatic heterocycles. The molecule has 1 aliphatic rings. The SMILES string of the molecule is CCOc1ccc(S(=O)(=O)Nc2cc3c4c(oc3c3ccccc23)CC[C@@H](C(C)(C)CC)C4)cc1. The standard InChI is InChI=1S/C29H33NO4S/c1-5-29(3,4)19-11-16-27-24(17-19)25-18-26(22-9-7-8-10-23(22)28(25)34-27)30-35(31,32)21-14-12-20(13-15-21)33-6-2/h7-10,12-15,18-19,30H,5-6,11,16-17H2,1-4H3/t19-/m1/s1. The van der Waals surface area contributed by atoms with Crippen LogP contribution in [0.15, 0.2) is 63.9 Å². The van der Waals surface area contributed by atoms with Gasteiger partial charge < -0.3 is 9.15 Å². The summed E-state index contributed by atoms with van der Waals surface area (Å²) in [5.41, 5.74) is 2.90. The number of anilines is 1. The minimum absolute atomic E-state index is 0.198. The van der Waals surface area contributed by atoms with Gasteiger partial charge in [-0.05, 0) is 61.4 Å². The molecule has 0 saturated carbocycles. The average molecular weight is 492 g/mol. The van der Waals surface area contributed by atoms with Crippen LogP contribution in [0.25, 0.3) is 21.7 Å². The number of hydrogen-bond acceptors (Lipinski definition) is 4. The van der Waals surface area contributed by atoms with Crippen LogP contribution in [0, 0.1) is 11.3 Å². The summed E-state index contributed by atoms with van der Waals surface area (Å²) in [4.78, 5) is 0.198. The maximum absolute atomic E-state index is 13.3. The van der Waals surface area contributed by atoms with Crippen LogP contribution in [0.3, 0.4) is 0 Å². The first-order valence-corrected chi connectivity index (χ1v) is 13.9. The van der Waals surface area contributed by atoms with Crippen molar-refractivity contribution >= 4 is 37.5 Å². The zero-order chi connectivity index (χ0) is 24.8. The lowest BCUT2D eigenvalue weighted by atomic mass is 9.69. The highest BCUT2D eigenvalue weighted by Crippen LogP contribution is 2.45. The first-order valence-electron chi connectivity index (χ1n) is 12.4. The van der Waals surface area contributed by atoms with Crippen LogP contribution in [-0.2, 0) is 22.9 Å². The molecular formula is C29H33NO4S. The van der Waals surface area contributed by atoms with Crippen molar-refractivity contribution in [2.45, 2.75) is 58.3 Å². The van der Waals surface area contributed by atoms with Gasteiger partial charge in [0.2, 0.25) is 0 Å². The van der Waals surface area contributed by atoms with Crippen LogP contribution < -0.4 is 9.46 Å². The Labute approximate surface area is 207 Å². The lowest BCUT2D eigenvalue weighted by molar-refractivity contribution is 0.179. The van der Waals surface area contributed by atoms with Gasteiger partial charge in [0, 0.05) is 28.1 Å². The van der Waals surface area contributed by atoms with Crippen molar-refractivity contribution in [3.8, 4) is 5.75 Å². The second kappa shape index (κ2) is 8.90. The van der Waals surface area contributed by atoms with E-state index >= 15 is 0 Å². The molecule has 5 nitrogen and oxygen atoms in total. The van der Waals surface area contributed by atoms with Gasteiger partial charge in [-0.3, -0.25) is 4.72 Å². The quantitative estimate of drug-likeness (QED) is 0.294. The van der Waals surface area contributed by atoms with Crippen LogP contribution in [0.4, 0.5) is 5.69 Å². The van der Waals surface area contributed by atoms with Gasteiger partial charge in [0.1, 0.15) is 17.1 Å². The van der Waals surface area contributed by atoms with E-state index in [1.165, 1.54) is 5.56 Å². The summed E-state index contributed by atoms with van der Waals surface area (Å²) in [5.74, 6) is 2.25. The van der Waals surface area contributed by atoms with Crippen LogP contribution in [0.1, 0.15) is 51.9 Å². The lowest BCUT2D eigenvalue weighted by Crippen LogP contribution is -2.28. The fraction of sp³-hybridized carbons (Fsp3) is 0.379. The topological polar surface area (TPSA) is 68.5 Å². The first kappa shape index (κ1) is 23.7. The van der Waals surface area contributed by atoms with Gasteiger partial charge in [0.05, 0.1) is 17.2 Å². The highest BCUT2D eigenvalue weighted by Gasteiger charge is 2.34. The van der Waals surface area contributed by atoms with Crippen molar-refractivity contribution in [2.24, 2.45) is 11.3 Å². The van der Waals surface area contributed by atoms with E-state index in [0.717, 1.165) is 53.2 Å². The molecule has 1 N–H and O–H groups in total. The summed E-state index contributed by atoms with van der Waals surface area (Å²) in [7, 11) is -3.78. The normalized spacial score (nSPS) is 16.4. The van der Waals surface area contributed by atoms with Crippen molar-refractivity contribution in [1.82, 2.24) is 0 Å². The number of aryl methyl sites for hydroxylation is 1. The molecular weight excluding hydrogens is 458 g/mol. The van der Waals surface area contributed by atoms with E-state index in [-0.39, 0.29) is 10.3 Å². The molecule has 5 rings (SSSR count). The number of fused-ring (bicyclic) bond motifs is 5. The van der Waals surface area contributed by atoms with Gasteiger partial charge in [-0.25, -0.2) is 8.42 Å². The summed E-state index contributed by atoms with van der Waals surface area (Å²) in [6, 6.07) is 16.3. The monoisotopic (exact) mass is 491 g/mol. The maximum Gasteiger partial charge on any atom is 0.261 e. The van der Waals surface area contributed by atoms with Crippen molar-refractivity contribution in [1.29, 1.82) is 0 Å². The fourth-order valence-corrected chi connectivity index (χ4v) is 6.29. The molecule has 1 atom stereocenters. The molecule has 0 radical (unpaired) electrons. The molecule has 0 spiro atoms. The second-order valence-corrected chi connectivity index (χ2v) is 11.8. The minimum atomic E-state index is -3.78. The first-order chi connectivity index (χ1) is 16.7. The highest BCUT2D eigenvalue weighted by molar-refractivity contribution is 7.92. The van der Waals surface area contributed by atoms with Gasteiger partial charge in [-0.2, -0.15) is 0 Å². The molecule has 0 saturated heterocycles. The Morgan fingerprint density at radius 3 is 2.43 bits per heavy atom. The summed E-state index contributed by atoms with van der Waals surface area (Å²) in [6.07, 6.45) is 4.11. The Kier molecular flexibility index (Phi) is 6.04. The van der Waals surface area contributed by atoms with Crippen molar-refractivity contribution in [3.05, 3.63) is 65.9 Å². The number of ether oxygens (including phenoxy) is 1. The Morgan fingerprint density at radius 2 is 1.74 bits per heavy atom. The molecule has 0 aliphatic heterocycles. The number of benzene rings is 3. The van der Waals surface area contributed by atoms with E-state index in [0.29, 0.717) is 24.0 Å². The van der Waals surface area contributed by atoms with E-state index in [9.17, 15) is 8.42 Å². The average Bonchev–Trinajstić information content (AvgIpc) is 3.22. The largest absolute Gasteiger partial charge is 0.494 e. The van der Waals surface area contributed by atoms with Gasteiger partial charge in [0.15, 0.2) is 0 Å². The predicted octanol–water partition coefficient (Wildman–Crippen LogP) is 7.33. The van der Waals surface area contributed by atoms with Gasteiger partial charge in [0.25, 0.3) is 10.0 Å². The van der Waals surface area contributed by atoms with Crippen molar-refractivity contribution < 1.29 is 17.6 Å². The van der Waals surface area contributed by atoms with Crippen LogP contribution in [0.5, 0.6) is 5.75 Å². The second-order valence-electron chi connectivity index (χ2n) is 10.1. The third-order valence-corrected chi connectivity index (χ3v) is 9.14. The third kappa shape index (κ3) is 4.29. The Bertz CT molecular complexity index is 1480. The number of rotatable bonds is 7. The van der Waals surface area contributed by atoms with E-state index in [1.807, 2.05) is 37.3 Å². The van der Waals surface area contributed by atoms with E-state index < -0.39 is 10.0 Å². The number of furan rings is 1. The Morgan fingerprint density at radius 1 is 1.03 bits per heavy atom. The molecule has 0 fully saturated rings. The zero-order valence-corrected chi connectivity index (χ0v) is 21.7. The van der Waals surface area contributed by atoms with E-state index in [1.54, 1.807) is 24.3 Å². The highest BCUT2D eigenvalue weighted by atomic mass is 32.2. The molecule has 6 heteroatoms. The molecule has 35 heavy (non-hydrogen) atoms. The van der Waals surface area contributed by atoms with Gasteiger partial charge in [-0.15, -0.1) is 0 Å². The van der Waals surface area contributed by atoms with E-state index in [2.05, 4.69) is 25.5 Å². The molecule has 0 unspecified atom stereocenters. The van der Waals surface area contributed by atoms with Gasteiger partial charge in [-0.1, -0.05) is 51.5 Å². The number of nitrogens with one attached hydrogen (secondary N) is 1. The molecule has 3 aromatic carbocycles. The summed E-state index contributed by atoms with van der Waals surface area (Å²) < 4.78 is 41.4. The Balaban J connectivity index is 1.60. The molecule has 0 amide bonds. The van der Waals surface area contributed by atoms with Crippen LogP contribution >= 0.6 is 0 Å². The predicted molar refractivity (Wildman–Crippen MR) is 142 cm³/mol. The maximum atomic E-state index is 13.3. The third-order valence-electron chi connectivity index (χ3n) is 7.76.